The first-order valence-corrected chi connectivity index (χ1v) is 12.1. The first kappa shape index (κ1) is 25.2. The predicted octanol–water partition coefficient (Wildman–Crippen LogP) is 5.56. The molecule has 0 unspecified atom stereocenters. The third-order valence-electron chi connectivity index (χ3n) is 2.78. The molecular formula is C18H24F6IP-2. The van der Waals surface area contributed by atoms with Crippen LogP contribution in [0.2, 0.25) is 0 Å². The minimum atomic E-state index is -10.7. The Balaban J connectivity index is 0.000000439. The molecular weight excluding hydrogens is 488 g/mol. The van der Waals surface area contributed by atoms with Gasteiger partial charge in [-0.3, -0.25) is 0 Å². The average Bonchev–Trinajstić information content (AvgIpc) is 2.48. The Morgan fingerprint density at radius 1 is 0.769 bits per heavy atom. The molecule has 0 heterocycles. The fraction of sp³-hybridized carbons (Fsp3) is 0.333. The molecule has 8 heteroatoms. The van der Waals surface area contributed by atoms with Crippen molar-refractivity contribution in [1.29, 1.82) is 0 Å². The number of rotatable bonds is 3. The van der Waals surface area contributed by atoms with Crippen LogP contribution in [0.25, 0.3) is 0 Å². The zero-order valence-corrected chi connectivity index (χ0v) is 18.1. The van der Waals surface area contributed by atoms with Crippen molar-refractivity contribution in [3.05, 3.63) is 67.3 Å². The molecule has 0 aliphatic carbocycles. The summed E-state index contributed by atoms with van der Waals surface area (Å²) in [7, 11) is -10.7. The van der Waals surface area contributed by atoms with Gasteiger partial charge < -0.3 is 0 Å². The van der Waals surface area contributed by atoms with Gasteiger partial charge in [0.2, 0.25) is 0 Å². The molecule has 0 bridgehead atoms. The minimum absolute atomic E-state index is 0.0159. The predicted molar refractivity (Wildman–Crippen MR) is 93.7 cm³/mol. The van der Waals surface area contributed by atoms with Crippen LogP contribution in [0.1, 0.15) is 32.8 Å². The van der Waals surface area contributed by atoms with Gasteiger partial charge in [0.05, 0.1) is 0 Å². The van der Waals surface area contributed by atoms with Crippen LogP contribution in [0.5, 0.6) is 0 Å². The molecule has 0 aromatic heterocycles. The number of hydrogen-bond donors (Lipinski definition) is 0. The zero-order valence-electron chi connectivity index (χ0n) is 15.1. The van der Waals surface area contributed by atoms with E-state index in [0.29, 0.717) is 0 Å². The van der Waals surface area contributed by atoms with Crippen molar-refractivity contribution in [2.75, 3.05) is 0 Å². The molecule has 0 amide bonds. The molecule has 0 spiro atoms. The van der Waals surface area contributed by atoms with E-state index < -0.39 is 7.81 Å². The summed E-state index contributed by atoms with van der Waals surface area (Å²) in [6.45, 7) is 8.77. The van der Waals surface area contributed by atoms with E-state index in [9.17, 15) is 25.2 Å². The Bertz CT molecular complexity index is 625. The van der Waals surface area contributed by atoms with Crippen molar-refractivity contribution in [2.24, 2.45) is 5.92 Å². The van der Waals surface area contributed by atoms with Crippen LogP contribution in [-0.4, -0.2) is 0 Å². The van der Waals surface area contributed by atoms with Gasteiger partial charge in [-0.2, -0.15) is 0 Å². The molecule has 0 saturated heterocycles. The van der Waals surface area contributed by atoms with Gasteiger partial charge in [0.25, 0.3) is 0 Å². The van der Waals surface area contributed by atoms with Gasteiger partial charge in [-0.05, 0) is 5.92 Å². The quantitative estimate of drug-likeness (QED) is 0.287. The molecule has 0 nitrogen and oxygen atoms in total. The summed E-state index contributed by atoms with van der Waals surface area (Å²) in [6, 6.07) is 19.6. The van der Waals surface area contributed by atoms with Crippen LogP contribution < -0.4 is 21.2 Å². The van der Waals surface area contributed by atoms with E-state index in [1.54, 1.807) is 0 Å². The number of hydrogen-bond acceptors (Lipinski definition) is 0. The third-order valence-corrected chi connectivity index (χ3v) is 5.46. The second kappa shape index (κ2) is 9.40. The molecule has 26 heavy (non-hydrogen) atoms. The first-order chi connectivity index (χ1) is 11.6. The maximum absolute atomic E-state index is 10.7. The van der Waals surface area contributed by atoms with Crippen molar-refractivity contribution in [2.45, 2.75) is 34.1 Å². The number of halogens is 7. The van der Waals surface area contributed by atoms with Crippen LogP contribution in [0.4, 0.5) is 25.2 Å². The van der Waals surface area contributed by atoms with Gasteiger partial charge in [0, 0.05) is 0 Å². The monoisotopic (exact) mass is 512 g/mol. The fourth-order valence-corrected chi connectivity index (χ4v) is 3.41. The van der Waals surface area contributed by atoms with Crippen LogP contribution >= 0.6 is 7.81 Å². The normalized spacial score (nSPS) is 13.7. The molecule has 0 saturated carbocycles. The molecule has 152 valence electrons. The van der Waals surface area contributed by atoms with Gasteiger partial charge in [-0.15, -0.1) is 0 Å². The van der Waals surface area contributed by atoms with Crippen molar-refractivity contribution in [3.63, 3.8) is 0 Å². The van der Waals surface area contributed by atoms with E-state index in [2.05, 4.69) is 82.3 Å². The molecule has 2 rings (SSSR count). The molecule has 0 atom stereocenters. The van der Waals surface area contributed by atoms with E-state index in [4.69, 9.17) is 0 Å². The Hall–Kier alpha value is -0.820. The maximum atomic E-state index is 9.87. The van der Waals surface area contributed by atoms with Crippen LogP contribution in [-0.2, 0) is 0 Å². The van der Waals surface area contributed by atoms with Crippen molar-refractivity contribution < 1.29 is 46.4 Å². The summed E-state index contributed by atoms with van der Waals surface area (Å²) in [5.74, 6) is 0.884. The third kappa shape index (κ3) is 21.2. The molecule has 2 aromatic carbocycles. The van der Waals surface area contributed by atoms with E-state index in [-0.39, 0.29) is 21.2 Å². The SMILES string of the molecule is CCC(C)C.Cc1ccc([I-]c2ccccc2)cc1.F[P-](F)(F)(F)(F)F. The van der Waals surface area contributed by atoms with Gasteiger partial charge in [-0.25, -0.2) is 0 Å². The molecule has 0 aliphatic rings. The van der Waals surface area contributed by atoms with E-state index in [1.165, 1.54) is 19.1 Å². The average molecular weight is 512 g/mol. The second-order valence-electron chi connectivity index (χ2n) is 5.95. The van der Waals surface area contributed by atoms with Gasteiger partial charge >= 0.3 is 128 Å². The standard InChI is InChI=1S/C13H12I.C5H12.F6P/c1-11-7-9-13(10-8-11)14-12-5-3-2-4-6-12;1-4-5(2)3;1-7(2,3,4,5)6/h2-10H,1H3;5H,4H2,1-3H3;/q-1;;-1. The van der Waals surface area contributed by atoms with Gasteiger partial charge in [0.1, 0.15) is 0 Å². The van der Waals surface area contributed by atoms with Crippen molar-refractivity contribution >= 4 is 7.81 Å². The summed E-state index contributed by atoms with van der Waals surface area (Å²) < 4.78 is 62.2. The molecule has 0 aliphatic heterocycles. The Morgan fingerprint density at radius 3 is 1.46 bits per heavy atom. The Labute approximate surface area is 161 Å². The fourth-order valence-electron chi connectivity index (χ4n) is 1.20. The van der Waals surface area contributed by atoms with Crippen LogP contribution in [0.15, 0.2) is 54.6 Å². The molecule has 2 aromatic rings. The Morgan fingerprint density at radius 2 is 1.12 bits per heavy atom. The van der Waals surface area contributed by atoms with Gasteiger partial charge in [0.15, 0.2) is 0 Å². The number of benzene rings is 2. The summed E-state index contributed by atoms with van der Waals surface area (Å²) in [5.41, 5.74) is 1.34. The Kier molecular flexibility index (Phi) is 9.10. The summed E-state index contributed by atoms with van der Waals surface area (Å²) in [5, 5.41) is 0. The summed E-state index contributed by atoms with van der Waals surface area (Å²) >= 11 is 0.0159. The topological polar surface area (TPSA) is 0 Å². The summed E-state index contributed by atoms with van der Waals surface area (Å²) in [6.07, 6.45) is 1.31. The van der Waals surface area contributed by atoms with E-state index in [0.717, 1.165) is 5.92 Å². The zero-order chi connectivity index (χ0) is 20.5. The van der Waals surface area contributed by atoms with Crippen molar-refractivity contribution in [3.8, 4) is 0 Å². The first-order valence-electron chi connectivity index (χ1n) is 7.89. The molecule has 0 radical (unpaired) electrons. The second-order valence-corrected chi connectivity index (χ2v) is 10.9. The van der Waals surface area contributed by atoms with E-state index >= 15 is 0 Å². The van der Waals surface area contributed by atoms with Crippen molar-refractivity contribution in [1.82, 2.24) is 0 Å². The van der Waals surface area contributed by atoms with Gasteiger partial charge in [-0.1, -0.05) is 27.2 Å². The summed E-state index contributed by atoms with van der Waals surface area (Å²) in [4.78, 5) is 0. The van der Waals surface area contributed by atoms with E-state index in [1.807, 2.05) is 0 Å². The van der Waals surface area contributed by atoms with Crippen LogP contribution in [0.3, 0.4) is 0 Å². The van der Waals surface area contributed by atoms with Crippen LogP contribution in [0, 0.1) is 20.0 Å². The molecule has 0 N–H and O–H groups in total. The number of aryl methyl sites for hydroxylation is 1. The molecule has 0 fully saturated rings.